The number of nitrogens with one attached hydrogen (secondary N) is 1. The molecule has 0 radical (unpaired) electrons. The minimum Gasteiger partial charge on any atom is -0.508 e. The predicted octanol–water partition coefficient (Wildman–Crippen LogP) is 4.90. The molecular weight excluding hydrogens is 650 g/mol. The summed E-state index contributed by atoms with van der Waals surface area (Å²) in [4.78, 5) is 70.3. The van der Waals surface area contributed by atoms with Crippen LogP contribution in [0.25, 0.3) is 0 Å². The lowest BCUT2D eigenvalue weighted by Crippen LogP contribution is -2.55. The number of imide groups is 2. The summed E-state index contributed by atoms with van der Waals surface area (Å²) >= 11 is 0. The van der Waals surface area contributed by atoms with E-state index in [1.54, 1.807) is 30.5 Å². The van der Waals surface area contributed by atoms with E-state index >= 15 is 4.79 Å². The molecule has 6 unspecified atom stereocenters. The molecule has 2 aliphatic carbocycles. The number of phenolic OH excluding ortho intramolecular Hbond substituents is 1. The number of amides is 4. The van der Waals surface area contributed by atoms with Crippen LogP contribution in [0.15, 0.2) is 96.3 Å². The van der Waals surface area contributed by atoms with Gasteiger partial charge in [-0.3, -0.25) is 34.3 Å². The first-order valence-corrected chi connectivity index (χ1v) is 17.3. The maximum Gasteiger partial charge on any atom is 0.303 e. The van der Waals surface area contributed by atoms with E-state index in [4.69, 9.17) is 4.74 Å². The van der Waals surface area contributed by atoms with E-state index in [-0.39, 0.29) is 49.8 Å². The second-order valence-corrected chi connectivity index (χ2v) is 14.2. The van der Waals surface area contributed by atoms with Gasteiger partial charge in [0.05, 0.1) is 35.1 Å². The van der Waals surface area contributed by atoms with Crippen molar-refractivity contribution in [2.45, 2.75) is 44.4 Å². The first-order valence-electron chi connectivity index (χ1n) is 17.3. The van der Waals surface area contributed by atoms with Crippen molar-refractivity contribution in [3.63, 3.8) is 0 Å². The minimum absolute atomic E-state index is 0.00473. The summed E-state index contributed by atoms with van der Waals surface area (Å²) < 4.78 is 6.15. The Morgan fingerprint density at radius 2 is 1.73 bits per heavy atom. The van der Waals surface area contributed by atoms with E-state index in [9.17, 15) is 29.4 Å². The van der Waals surface area contributed by atoms with Crippen molar-refractivity contribution in [3.8, 4) is 11.5 Å². The molecule has 5 aliphatic rings. The second-order valence-electron chi connectivity index (χ2n) is 14.2. The highest BCUT2D eigenvalue weighted by Gasteiger charge is 2.70. The van der Waals surface area contributed by atoms with E-state index < -0.39 is 52.8 Å². The lowest BCUT2D eigenvalue weighted by atomic mass is 9.48. The number of aryl methyl sites for hydroxylation is 1. The van der Waals surface area contributed by atoms with Crippen LogP contribution in [0.3, 0.4) is 0 Å². The van der Waals surface area contributed by atoms with Crippen molar-refractivity contribution in [2.24, 2.45) is 29.6 Å². The molecule has 2 saturated heterocycles. The quantitative estimate of drug-likeness (QED) is 0.222. The number of hydrazine groups is 1. The molecule has 260 valence electrons. The molecule has 11 nitrogen and oxygen atoms in total. The van der Waals surface area contributed by atoms with Gasteiger partial charge in [-0.15, -0.1) is 0 Å². The van der Waals surface area contributed by atoms with Crippen LogP contribution in [0.4, 0.5) is 5.69 Å². The molecule has 0 spiro atoms. The number of carboxylic acid groups (broad SMARTS) is 1. The van der Waals surface area contributed by atoms with Crippen molar-refractivity contribution in [1.82, 2.24) is 9.91 Å². The number of rotatable bonds is 8. The molecule has 11 heteroatoms. The zero-order valence-electron chi connectivity index (χ0n) is 28.0. The van der Waals surface area contributed by atoms with Crippen molar-refractivity contribution < 1.29 is 38.9 Å². The van der Waals surface area contributed by atoms with E-state index in [1.165, 1.54) is 11.0 Å². The van der Waals surface area contributed by atoms with E-state index in [0.717, 1.165) is 16.1 Å². The average Bonchev–Trinajstić information content (AvgIpc) is 3.49. The minimum atomic E-state index is -1.43. The summed E-state index contributed by atoms with van der Waals surface area (Å²) in [6, 6.07) is 21.5. The van der Waals surface area contributed by atoms with Gasteiger partial charge in [0, 0.05) is 30.9 Å². The summed E-state index contributed by atoms with van der Waals surface area (Å²) in [7, 11) is 0. The van der Waals surface area contributed by atoms with Crippen LogP contribution in [-0.4, -0.2) is 56.3 Å². The first-order chi connectivity index (χ1) is 24.6. The molecule has 3 aromatic carbocycles. The summed E-state index contributed by atoms with van der Waals surface area (Å²) in [5, 5.41) is 20.7. The zero-order valence-corrected chi connectivity index (χ0v) is 28.0. The molecule has 3 aliphatic heterocycles. The number of carbonyl (C=O) groups is 5. The number of fused-ring (bicyclic) bond motifs is 5. The topological polar surface area (TPSA) is 154 Å². The zero-order chi connectivity index (χ0) is 35.6. The number of nitrogens with zero attached hydrogens (tertiary/aromatic N) is 2. The number of aromatic hydroxyl groups is 1. The predicted molar refractivity (Wildman–Crippen MR) is 184 cm³/mol. The summed E-state index contributed by atoms with van der Waals surface area (Å²) in [5.41, 5.74) is 6.14. The fraction of sp³-hybridized carbons (Fsp3) is 0.325. The maximum absolute atomic E-state index is 15.3. The Balaban J connectivity index is 1.28. The number of allylic oxidation sites excluding steroid dienone is 3. The lowest BCUT2D eigenvalue weighted by Gasteiger charge is -2.51. The Hall–Kier alpha value is -5.71. The fourth-order valence-electron chi connectivity index (χ4n) is 9.24. The lowest BCUT2D eigenvalue weighted by molar-refractivity contribution is -0.142. The van der Waals surface area contributed by atoms with Crippen LogP contribution in [-0.2, 0) is 35.8 Å². The van der Waals surface area contributed by atoms with E-state index in [1.807, 2.05) is 55.5 Å². The SMILES string of the molecule is Cc1ccc(NN2C(=O)C3CC4C(=CCC5C(=O)N(CCCC(=O)O)C(=O)C54)C(C4=COc5ccc(O)cc5C4)C3(c3ccccc3)C2=O)cc1. The smallest absolute Gasteiger partial charge is 0.303 e. The van der Waals surface area contributed by atoms with Gasteiger partial charge < -0.3 is 14.9 Å². The molecule has 8 rings (SSSR count). The summed E-state index contributed by atoms with van der Waals surface area (Å²) in [6.07, 6.45) is 4.32. The number of benzene rings is 3. The van der Waals surface area contributed by atoms with Gasteiger partial charge in [0.1, 0.15) is 11.5 Å². The Labute approximate surface area is 294 Å². The number of carboxylic acids is 1. The Bertz CT molecular complexity index is 2040. The molecular formula is C40H37N3O8. The highest BCUT2D eigenvalue weighted by atomic mass is 16.5. The normalized spacial score (nSPS) is 27.9. The largest absolute Gasteiger partial charge is 0.508 e. The number of hydrogen-bond acceptors (Lipinski definition) is 8. The van der Waals surface area contributed by atoms with Crippen molar-refractivity contribution in [2.75, 3.05) is 12.0 Å². The standard InChI is InChI=1S/C40H37N3O8/c1-22-9-11-26(12-10-22)41-43-37(48)31-20-30-28(14-15-29-34(30)38(49)42(36(29)47)17-5-8-33(45)46)35(40(31,39(43)50)25-6-3-2-4-7-25)24-18-23-19-27(44)13-16-32(23)51-21-24/h2-4,6-7,9-14,16,19,21,29-31,34-35,41,44H,5,8,15,17-18,20H2,1H3,(H,45,46). The Morgan fingerprint density at radius 3 is 2.47 bits per heavy atom. The number of ether oxygens (including phenoxy) is 1. The van der Waals surface area contributed by atoms with Crippen LogP contribution in [0.2, 0.25) is 0 Å². The number of anilines is 1. The number of phenols is 1. The molecule has 6 atom stereocenters. The highest BCUT2D eigenvalue weighted by Crippen LogP contribution is 2.63. The van der Waals surface area contributed by atoms with Crippen molar-refractivity contribution in [3.05, 3.63) is 113 Å². The molecule has 0 bridgehead atoms. The molecule has 3 aromatic rings. The molecule has 51 heavy (non-hydrogen) atoms. The van der Waals surface area contributed by atoms with Crippen LogP contribution in [0.5, 0.6) is 11.5 Å². The van der Waals surface area contributed by atoms with Crippen molar-refractivity contribution in [1.29, 1.82) is 0 Å². The van der Waals surface area contributed by atoms with Gasteiger partial charge in [-0.1, -0.05) is 59.7 Å². The Morgan fingerprint density at radius 1 is 0.961 bits per heavy atom. The fourth-order valence-corrected chi connectivity index (χ4v) is 9.24. The monoisotopic (exact) mass is 687 g/mol. The molecule has 1 saturated carbocycles. The average molecular weight is 688 g/mol. The number of carbonyl (C=O) groups excluding carboxylic acids is 4. The molecule has 3 fully saturated rings. The van der Waals surface area contributed by atoms with Gasteiger partial charge in [-0.05, 0) is 73.6 Å². The van der Waals surface area contributed by atoms with Gasteiger partial charge in [-0.2, -0.15) is 5.01 Å². The number of aliphatic carboxylic acids is 1. The summed E-state index contributed by atoms with van der Waals surface area (Å²) in [5.74, 6) is -5.53. The number of likely N-dealkylation sites (tertiary alicyclic amines) is 1. The molecule has 4 amide bonds. The van der Waals surface area contributed by atoms with Gasteiger partial charge in [0.15, 0.2) is 0 Å². The van der Waals surface area contributed by atoms with Gasteiger partial charge in [-0.25, -0.2) is 0 Å². The highest BCUT2D eigenvalue weighted by molar-refractivity contribution is 6.13. The second kappa shape index (κ2) is 12.3. The maximum atomic E-state index is 15.3. The number of hydrogen-bond donors (Lipinski definition) is 3. The van der Waals surface area contributed by atoms with Crippen LogP contribution in [0.1, 0.15) is 42.4 Å². The third kappa shape index (κ3) is 5.05. The molecule has 3 N–H and O–H groups in total. The Kier molecular flexibility index (Phi) is 7.81. The van der Waals surface area contributed by atoms with E-state index in [0.29, 0.717) is 34.6 Å². The summed E-state index contributed by atoms with van der Waals surface area (Å²) in [6.45, 7) is 1.95. The first kappa shape index (κ1) is 32.5. The third-order valence-corrected chi connectivity index (χ3v) is 11.4. The third-order valence-electron chi connectivity index (χ3n) is 11.4. The molecule has 3 heterocycles. The van der Waals surface area contributed by atoms with Crippen LogP contribution in [0, 0.1) is 36.5 Å². The molecule has 0 aromatic heterocycles. The van der Waals surface area contributed by atoms with Crippen LogP contribution >= 0.6 is 0 Å². The van der Waals surface area contributed by atoms with Gasteiger partial charge >= 0.3 is 5.97 Å². The van der Waals surface area contributed by atoms with E-state index in [2.05, 4.69) is 5.43 Å². The van der Waals surface area contributed by atoms with Crippen LogP contribution < -0.4 is 10.2 Å². The van der Waals surface area contributed by atoms with Crippen molar-refractivity contribution >= 4 is 35.3 Å². The van der Waals surface area contributed by atoms with Gasteiger partial charge in [0.2, 0.25) is 11.8 Å². The van der Waals surface area contributed by atoms with Gasteiger partial charge in [0.25, 0.3) is 11.8 Å².